The lowest BCUT2D eigenvalue weighted by Gasteiger charge is -2.29. The summed E-state index contributed by atoms with van der Waals surface area (Å²) in [5.41, 5.74) is 2.77. The van der Waals surface area contributed by atoms with Crippen LogP contribution in [0.4, 0.5) is 5.69 Å². The molecule has 0 radical (unpaired) electrons. The number of likely N-dealkylation sites (tertiary alicyclic amines) is 1. The molecular weight excluding hydrogens is 469 g/mol. The van der Waals surface area contributed by atoms with Gasteiger partial charge < -0.3 is 15.5 Å². The molecule has 1 amide bonds. The van der Waals surface area contributed by atoms with Crippen LogP contribution in [0.3, 0.4) is 0 Å². The summed E-state index contributed by atoms with van der Waals surface area (Å²) >= 11 is 0. The first kappa shape index (κ1) is 26.9. The Hall–Kier alpha value is -1.31. The highest BCUT2D eigenvalue weighted by Crippen LogP contribution is 2.41. The minimum absolute atomic E-state index is 0. The van der Waals surface area contributed by atoms with E-state index in [1.807, 2.05) is 23.0 Å². The van der Waals surface area contributed by atoms with Gasteiger partial charge in [-0.2, -0.15) is 5.10 Å². The first-order valence-corrected chi connectivity index (χ1v) is 11.0. The third kappa shape index (κ3) is 6.84. The Morgan fingerprint density at radius 2 is 1.88 bits per heavy atom. The lowest BCUT2D eigenvalue weighted by Crippen LogP contribution is -2.42. The smallest absolute Gasteiger partial charge is 0.255 e. The maximum absolute atomic E-state index is 12.7. The van der Waals surface area contributed by atoms with Crippen molar-refractivity contribution in [2.24, 2.45) is 5.92 Å². The van der Waals surface area contributed by atoms with Crippen LogP contribution in [0.2, 0.25) is 0 Å². The Morgan fingerprint density at radius 3 is 2.59 bits per heavy atom. The average molecular weight is 503 g/mol. The van der Waals surface area contributed by atoms with Crippen LogP contribution >= 0.6 is 37.2 Å². The number of nitrogens with zero attached hydrogens (tertiary/aromatic N) is 3. The minimum atomic E-state index is -0.0571. The number of carbonyl (C=O) groups is 1. The van der Waals surface area contributed by atoms with Crippen molar-refractivity contribution in [2.75, 3.05) is 25.5 Å². The van der Waals surface area contributed by atoms with Gasteiger partial charge in [0.05, 0.1) is 11.9 Å². The van der Waals surface area contributed by atoms with Crippen LogP contribution in [0, 0.1) is 5.92 Å². The highest BCUT2D eigenvalue weighted by Gasteiger charge is 2.39. The number of nitrogens with one attached hydrogen (secondary N) is 2. The van der Waals surface area contributed by atoms with Crippen molar-refractivity contribution in [2.45, 2.75) is 56.7 Å². The molecule has 32 heavy (non-hydrogen) atoms. The van der Waals surface area contributed by atoms with E-state index in [4.69, 9.17) is 0 Å². The van der Waals surface area contributed by atoms with Crippen LogP contribution in [0.25, 0.3) is 0 Å². The van der Waals surface area contributed by atoms with E-state index in [1.165, 1.54) is 50.8 Å². The Kier molecular flexibility index (Phi) is 9.85. The molecule has 3 fully saturated rings. The first-order valence-electron chi connectivity index (χ1n) is 11.0. The largest absolute Gasteiger partial charge is 0.319 e. The molecule has 2 N–H and O–H groups in total. The zero-order valence-corrected chi connectivity index (χ0v) is 20.9. The highest BCUT2D eigenvalue weighted by molar-refractivity contribution is 6.04. The van der Waals surface area contributed by atoms with E-state index in [0.717, 1.165) is 23.7 Å². The van der Waals surface area contributed by atoms with Gasteiger partial charge in [-0.25, -0.2) is 0 Å². The van der Waals surface area contributed by atoms with Gasteiger partial charge in [-0.05, 0) is 75.9 Å². The molecule has 1 aliphatic heterocycles. The van der Waals surface area contributed by atoms with Gasteiger partial charge in [-0.1, -0.05) is 12.1 Å². The van der Waals surface area contributed by atoms with Gasteiger partial charge in [0.1, 0.15) is 0 Å². The first-order chi connectivity index (χ1) is 14.1. The molecule has 3 aliphatic rings. The second-order valence-corrected chi connectivity index (χ2v) is 9.17. The fourth-order valence-corrected chi connectivity index (χ4v) is 4.43. The SMILES string of the molecule is CN1CCC(NC2CC2c2cccc(C(=O)Nc3cnn(CC4CC4)c3)c2)CC1.Cl.Cl.Cl. The monoisotopic (exact) mass is 501 g/mol. The Balaban J connectivity index is 0.00000121. The van der Waals surface area contributed by atoms with Crippen molar-refractivity contribution in [1.82, 2.24) is 20.0 Å². The number of anilines is 1. The quantitative estimate of drug-likeness (QED) is 0.591. The lowest BCUT2D eigenvalue weighted by molar-refractivity contribution is 0.102. The summed E-state index contributed by atoms with van der Waals surface area (Å²) in [7, 11) is 2.20. The molecule has 2 heterocycles. The Labute approximate surface area is 209 Å². The summed E-state index contributed by atoms with van der Waals surface area (Å²) in [5.74, 6) is 1.24. The molecular formula is C23H34Cl3N5O. The third-order valence-corrected chi connectivity index (χ3v) is 6.57. The number of hydrogen-bond donors (Lipinski definition) is 2. The summed E-state index contributed by atoms with van der Waals surface area (Å²) in [6.45, 7) is 3.32. The second kappa shape index (κ2) is 11.7. The van der Waals surface area contributed by atoms with Crippen LogP contribution < -0.4 is 10.6 Å². The average Bonchev–Trinajstić information content (AvgIpc) is 3.64. The molecule has 2 aliphatic carbocycles. The number of amides is 1. The molecule has 9 heteroatoms. The third-order valence-electron chi connectivity index (χ3n) is 6.57. The summed E-state index contributed by atoms with van der Waals surface area (Å²) < 4.78 is 1.94. The minimum Gasteiger partial charge on any atom is -0.319 e. The predicted molar refractivity (Wildman–Crippen MR) is 136 cm³/mol. The molecule has 0 spiro atoms. The summed E-state index contributed by atoms with van der Waals surface area (Å²) in [5, 5.41) is 11.2. The molecule has 2 aromatic rings. The molecule has 2 saturated carbocycles. The lowest BCUT2D eigenvalue weighted by atomic mass is 10.0. The number of rotatable bonds is 7. The standard InChI is InChI=1S/C23H31N5O.3ClH/c1-27-9-7-19(8-10-27)25-22-12-21(22)17-3-2-4-18(11-17)23(29)26-20-13-24-28(15-20)14-16-5-6-16;;;/h2-4,11,13,15-16,19,21-22,25H,5-10,12,14H2,1H3,(H,26,29);3*1H. The highest BCUT2D eigenvalue weighted by atomic mass is 35.5. The number of benzene rings is 1. The van der Waals surface area contributed by atoms with Crippen molar-refractivity contribution >= 4 is 48.8 Å². The molecule has 5 rings (SSSR count). The van der Waals surface area contributed by atoms with Gasteiger partial charge in [0.15, 0.2) is 0 Å². The van der Waals surface area contributed by atoms with Crippen LogP contribution in [-0.2, 0) is 6.54 Å². The summed E-state index contributed by atoms with van der Waals surface area (Å²) in [6, 6.07) is 9.32. The maximum atomic E-state index is 12.7. The van der Waals surface area contributed by atoms with Crippen molar-refractivity contribution in [3.8, 4) is 0 Å². The number of piperidine rings is 1. The van der Waals surface area contributed by atoms with Gasteiger partial charge in [0, 0.05) is 36.3 Å². The fourth-order valence-electron chi connectivity index (χ4n) is 4.43. The van der Waals surface area contributed by atoms with Crippen molar-refractivity contribution in [3.05, 3.63) is 47.8 Å². The Bertz CT molecular complexity index is 880. The van der Waals surface area contributed by atoms with E-state index in [-0.39, 0.29) is 43.1 Å². The summed E-state index contributed by atoms with van der Waals surface area (Å²) in [4.78, 5) is 15.1. The van der Waals surface area contributed by atoms with Crippen molar-refractivity contribution in [3.63, 3.8) is 0 Å². The van der Waals surface area contributed by atoms with Crippen LogP contribution in [0.1, 0.15) is 53.9 Å². The van der Waals surface area contributed by atoms with E-state index >= 15 is 0 Å². The van der Waals surface area contributed by atoms with Crippen molar-refractivity contribution < 1.29 is 4.79 Å². The Morgan fingerprint density at radius 1 is 1.12 bits per heavy atom. The maximum Gasteiger partial charge on any atom is 0.255 e. The molecule has 1 aromatic heterocycles. The zero-order valence-electron chi connectivity index (χ0n) is 18.4. The predicted octanol–water partition coefficient (Wildman–Crippen LogP) is 4.35. The number of halogens is 3. The van der Waals surface area contributed by atoms with Crippen LogP contribution in [0.15, 0.2) is 36.7 Å². The molecule has 0 bridgehead atoms. The van der Waals surface area contributed by atoms with E-state index < -0.39 is 0 Å². The van der Waals surface area contributed by atoms with Crippen LogP contribution in [0.5, 0.6) is 0 Å². The molecule has 1 saturated heterocycles. The fraction of sp³-hybridized carbons (Fsp3) is 0.565. The number of aromatic nitrogens is 2. The summed E-state index contributed by atoms with van der Waals surface area (Å²) in [6.07, 6.45) is 9.90. The van der Waals surface area contributed by atoms with Crippen molar-refractivity contribution in [1.29, 1.82) is 0 Å². The zero-order chi connectivity index (χ0) is 19.8. The van der Waals surface area contributed by atoms with Gasteiger partial charge in [-0.3, -0.25) is 9.48 Å². The van der Waals surface area contributed by atoms with E-state index in [1.54, 1.807) is 6.20 Å². The normalized spacial score (nSPS) is 22.8. The second-order valence-electron chi connectivity index (χ2n) is 9.17. The van der Waals surface area contributed by atoms with E-state index in [9.17, 15) is 4.79 Å². The number of hydrogen-bond acceptors (Lipinski definition) is 4. The van der Waals surface area contributed by atoms with E-state index in [0.29, 0.717) is 18.0 Å². The van der Waals surface area contributed by atoms with Gasteiger partial charge in [-0.15, -0.1) is 37.2 Å². The number of carbonyl (C=O) groups excluding carboxylic acids is 1. The topological polar surface area (TPSA) is 62.2 Å². The van der Waals surface area contributed by atoms with Gasteiger partial charge in [0.2, 0.25) is 0 Å². The molecule has 178 valence electrons. The molecule has 6 nitrogen and oxygen atoms in total. The van der Waals surface area contributed by atoms with E-state index in [2.05, 4.69) is 39.8 Å². The van der Waals surface area contributed by atoms with Gasteiger partial charge in [0.25, 0.3) is 5.91 Å². The molecule has 2 atom stereocenters. The molecule has 1 aromatic carbocycles. The van der Waals surface area contributed by atoms with Crippen LogP contribution in [-0.4, -0.2) is 52.8 Å². The molecule has 2 unspecified atom stereocenters. The van der Waals surface area contributed by atoms with Gasteiger partial charge >= 0.3 is 0 Å².